The molecule has 4 nitrogen and oxygen atoms in total. The van der Waals surface area contributed by atoms with Crippen LogP contribution in [0.15, 0.2) is 170 Å². The van der Waals surface area contributed by atoms with Crippen molar-refractivity contribution in [1.82, 2.24) is 13.8 Å². The molecule has 0 aliphatic rings. The van der Waals surface area contributed by atoms with Gasteiger partial charge in [0.15, 0.2) is 0 Å². The van der Waals surface area contributed by atoms with Gasteiger partial charge >= 0.3 is 0 Å². The SMILES string of the molecule is c1ccc(N(c2ccccc2)c2c3ccccc3cc3c4cccc5c6cc7c(nc6n(c23)c54)c2cccc3c4cc5ccccc5cc4n7c32)cc1. The molecule has 0 atom stereocenters. The van der Waals surface area contributed by atoms with Crippen molar-refractivity contribution in [3.63, 3.8) is 0 Å². The van der Waals surface area contributed by atoms with Crippen LogP contribution in [0.5, 0.6) is 0 Å². The van der Waals surface area contributed by atoms with E-state index in [9.17, 15) is 0 Å². The Balaban J connectivity index is 1.24. The van der Waals surface area contributed by atoms with Crippen molar-refractivity contribution in [1.29, 1.82) is 0 Å². The number of para-hydroxylation sites is 4. The molecule has 4 heteroatoms. The first-order valence-corrected chi connectivity index (χ1v) is 18.2. The summed E-state index contributed by atoms with van der Waals surface area (Å²) in [7, 11) is 0. The zero-order chi connectivity index (χ0) is 34.4. The fourth-order valence-corrected chi connectivity index (χ4v) is 9.50. The maximum Gasteiger partial charge on any atom is 0.146 e. The van der Waals surface area contributed by atoms with Gasteiger partial charge in [-0.2, -0.15) is 0 Å². The van der Waals surface area contributed by atoms with Gasteiger partial charge in [0.1, 0.15) is 5.65 Å². The molecule has 0 amide bonds. The van der Waals surface area contributed by atoms with Crippen LogP contribution < -0.4 is 4.90 Å². The number of rotatable bonds is 3. The molecular weight excluding hydrogens is 645 g/mol. The third-order valence-corrected chi connectivity index (χ3v) is 11.7. The van der Waals surface area contributed by atoms with Gasteiger partial charge in [-0.25, -0.2) is 4.98 Å². The van der Waals surface area contributed by atoms with Crippen molar-refractivity contribution >= 4 is 115 Å². The van der Waals surface area contributed by atoms with Crippen molar-refractivity contribution in [2.24, 2.45) is 0 Å². The van der Waals surface area contributed by atoms with Gasteiger partial charge in [0, 0.05) is 54.5 Å². The highest BCUT2D eigenvalue weighted by Gasteiger charge is 2.27. The molecule has 5 heterocycles. The first-order valence-electron chi connectivity index (χ1n) is 18.2. The first-order chi connectivity index (χ1) is 26.3. The fraction of sp³-hybridized carbons (Fsp3) is 0. The van der Waals surface area contributed by atoms with Crippen LogP contribution in [0.1, 0.15) is 0 Å². The molecule has 13 rings (SSSR count). The average molecular weight is 673 g/mol. The molecule has 0 aliphatic carbocycles. The Hall–Kier alpha value is -7.17. The van der Waals surface area contributed by atoms with Gasteiger partial charge in [-0.1, -0.05) is 121 Å². The van der Waals surface area contributed by atoms with Crippen LogP contribution in [0, 0.1) is 0 Å². The summed E-state index contributed by atoms with van der Waals surface area (Å²) < 4.78 is 4.93. The standard InChI is InChI=1S/C49H28N4/c1-3-16-32(17-4-1)51(33-18-5-2-6-19-33)47-34-20-10-9-15-31(34)26-40-36-22-11-23-37-41-28-43-44(50-49(41)53(45(36)37)48(40)47)38-24-12-21-35-39-25-29-13-7-8-14-30(29)27-42(39)52(43)46(35)38/h1-28H. The average Bonchev–Trinajstić information content (AvgIpc) is 3.93. The van der Waals surface area contributed by atoms with Crippen molar-refractivity contribution in [2.75, 3.05) is 4.90 Å². The Labute approximate surface area is 302 Å². The minimum absolute atomic E-state index is 0.986. The molecule has 13 aromatic rings. The lowest BCUT2D eigenvalue weighted by Gasteiger charge is -2.28. The summed E-state index contributed by atoms with van der Waals surface area (Å²) >= 11 is 0. The molecule has 0 bridgehead atoms. The monoisotopic (exact) mass is 672 g/mol. The smallest absolute Gasteiger partial charge is 0.146 e. The Bertz CT molecular complexity index is 3580. The molecule has 0 radical (unpaired) electrons. The van der Waals surface area contributed by atoms with Crippen LogP contribution >= 0.6 is 0 Å². The van der Waals surface area contributed by atoms with E-state index in [2.05, 4.69) is 184 Å². The zero-order valence-electron chi connectivity index (χ0n) is 28.5. The Morgan fingerprint density at radius 3 is 1.64 bits per heavy atom. The summed E-state index contributed by atoms with van der Waals surface area (Å²) in [5.74, 6) is 0. The van der Waals surface area contributed by atoms with Crippen molar-refractivity contribution in [3.8, 4) is 0 Å². The molecule has 0 aliphatic heterocycles. The van der Waals surface area contributed by atoms with Gasteiger partial charge in [-0.3, -0.25) is 4.40 Å². The number of aromatic nitrogens is 3. The summed E-state index contributed by atoms with van der Waals surface area (Å²) in [5.41, 5.74) is 11.4. The molecule has 0 saturated heterocycles. The second-order valence-corrected chi connectivity index (χ2v) is 14.4. The van der Waals surface area contributed by atoms with Crippen molar-refractivity contribution < 1.29 is 0 Å². The normalized spacial score (nSPS) is 12.5. The van der Waals surface area contributed by atoms with Crippen LogP contribution in [-0.4, -0.2) is 13.8 Å². The van der Waals surface area contributed by atoms with Crippen LogP contribution in [0.4, 0.5) is 17.1 Å². The Kier molecular flexibility index (Phi) is 5.08. The van der Waals surface area contributed by atoms with Crippen LogP contribution in [0.3, 0.4) is 0 Å². The highest BCUT2D eigenvalue weighted by atomic mass is 15.2. The van der Waals surface area contributed by atoms with Crippen LogP contribution in [0.2, 0.25) is 0 Å². The van der Waals surface area contributed by atoms with E-state index in [0.717, 1.165) is 39.3 Å². The van der Waals surface area contributed by atoms with Gasteiger partial charge < -0.3 is 9.30 Å². The minimum Gasteiger partial charge on any atom is -0.308 e. The molecule has 0 saturated carbocycles. The fourth-order valence-electron chi connectivity index (χ4n) is 9.50. The van der Waals surface area contributed by atoms with Crippen molar-refractivity contribution in [3.05, 3.63) is 170 Å². The molecule has 5 aromatic heterocycles. The van der Waals surface area contributed by atoms with E-state index < -0.39 is 0 Å². The predicted octanol–water partition coefficient (Wildman–Crippen LogP) is 13.2. The largest absolute Gasteiger partial charge is 0.308 e. The summed E-state index contributed by atoms with van der Waals surface area (Å²) in [6, 6.07) is 62.0. The topological polar surface area (TPSA) is 25.0 Å². The minimum atomic E-state index is 0.986. The summed E-state index contributed by atoms with van der Waals surface area (Å²) in [6.07, 6.45) is 0. The third kappa shape index (κ3) is 3.43. The number of hydrogen-bond acceptors (Lipinski definition) is 2. The molecule has 8 aromatic carbocycles. The quantitative estimate of drug-likeness (QED) is 0.187. The van der Waals surface area contributed by atoms with E-state index in [1.807, 2.05) is 0 Å². The van der Waals surface area contributed by atoms with Gasteiger partial charge in [0.25, 0.3) is 0 Å². The highest BCUT2D eigenvalue weighted by Crippen LogP contribution is 2.49. The molecule has 53 heavy (non-hydrogen) atoms. The van der Waals surface area contributed by atoms with Gasteiger partial charge in [-0.15, -0.1) is 0 Å². The van der Waals surface area contributed by atoms with E-state index >= 15 is 0 Å². The van der Waals surface area contributed by atoms with Gasteiger partial charge in [0.2, 0.25) is 0 Å². The first kappa shape index (κ1) is 27.5. The number of fused-ring (bicyclic) bond motifs is 14. The second kappa shape index (κ2) is 9.78. The van der Waals surface area contributed by atoms with Gasteiger partial charge in [0.05, 0.1) is 38.8 Å². The molecule has 0 unspecified atom stereocenters. The van der Waals surface area contributed by atoms with Crippen molar-refractivity contribution in [2.45, 2.75) is 0 Å². The summed E-state index contributed by atoms with van der Waals surface area (Å²) in [6.45, 7) is 0. The van der Waals surface area contributed by atoms with E-state index in [1.54, 1.807) is 0 Å². The number of nitrogens with zero attached hydrogens (tertiary/aromatic N) is 4. The van der Waals surface area contributed by atoms with Crippen LogP contribution in [-0.2, 0) is 0 Å². The number of benzene rings is 8. The molecular formula is C49H28N4. The molecule has 0 fully saturated rings. The summed E-state index contributed by atoms with van der Waals surface area (Å²) in [5, 5.41) is 13.5. The maximum absolute atomic E-state index is 5.73. The molecule has 0 N–H and O–H groups in total. The lowest BCUT2D eigenvalue weighted by atomic mass is 10.0. The Morgan fingerprint density at radius 2 is 0.906 bits per heavy atom. The third-order valence-electron chi connectivity index (χ3n) is 11.7. The Morgan fingerprint density at radius 1 is 0.358 bits per heavy atom. The predicted molar refractivity (Wildman–Crippen MR) is 223 cm³/mol. The van der Waals surface area contributed by atoms with Crippen LogP contribution in [0.25, 0.3) is 98.0 Å². The second-order valence-electron chi connectivity index (χ2n) is 14.4. The zero-order valence-corrected chi connectivity index (χ0v) is 28.5. The molecule has 244 valence electrons. The van der Waals surface area contributed by atoms with Gasteiger partial charge in [-0.05, 0) is 64.7 Å². The van der Waals surface area contributed by atoms with E-state index in [0.29, 0.717) is 0 Å². The van der Waals surface area contributed by atoms with E-state index in [4.69, 9.17) is 4.98 Å². The lowest BCUT2D eigenvalue weighted by Crippen LogP contribution is -2.11. The highest BCUT2D eigenvalue weighted by molar-refractivity contribution is 6.30. The van der Waals surface area contributed by atoms with E-state index in [-0.39, 0.29) is 0 Å². The summed E-state index contributed by atoms with van der Waals surface area (Å²) in [4.78, 5) is 8.16. The lowest BCUT2D eigenvalue weighted by molar-refractivity contribution is 1.26. The number of anilines is 3. The number of hydrogen-bond donors (Lipinski definition) is 0. The maximum atomic E-state index is 5.73. The number of pyridine rings is 1. The molecule has 0 spiro atoms. The van der Waals surface area contributed by atoms with E-state index in [1.165, 1.54) is 75.8 Å².